The van der Waals surface area contributed by atoms with Crippen molar-refractivity contribution in [2.24, 2.45) is 5.73 Å². The molecule has 2 aliphatic rings. The maximum absolute atomic E-state index is 12.5. The number of amides is 2. The predicted octanol–water partition coefficient (Wildman–Crippen LogP) is 1.32. The lowest BCUT2D eigenvalue weighted by Gasteiger charge is -2.30. The van der Waals surface area contributed by atoms with E-state index < -0.39 is 0 Å². The molecule has 1 aliphatic heterocycles. The molecule has 2 fully saturated rings. The first-order chi connectivity index (χ1) is 11.6. The molecule has 140 valence electrons. The van der Waals surface area contributed by atoms with Gasteiger partial charge in [-0.15, -0.1) is 12.4 Å². The highest BCUT2D eigenvalue weighted by Crippen LogP contribution is 2.17. The molecule has 1 aromatic heterocycles. The highest BCUT2D eigenvalue weighted by molar-refractivity contribution is 5.94. The topological polar surface area (TPSA) is 93.2 Å². The summed E-state index contributed by atoms with van der Waals surface area (Å²) in [5, 5.41) is 7.22. The lowest BCUT2D eigenvalue weighted by molar-refractivity contribution is -0.122. The molecule has 7 nitrogen and oxygen atoms in total. The molecule has 1 unspecified atom stereocenters. The second-order valence-corrected chi connectivity index (χ2v) is 6.98. The van der Waals surface area contributed by atoms with Crippen molar-refractivity contribution >= 4 is 24.2 Å². The molecule has 25 heavy (non-hydrogen) atoms. The number of halogens is 1. The lowest BCUT2D eigenvalue weighted by Crippen LogP contribution is -2.45. The summed E-state index contributed by atoms with van der Waals surface area (Å²) in [6, 6.07) is 0.344. The highest BCUT2D eigenvalue weighted by Gasteiger charge is 2.23. The van der Waals surface area contributed by atoms with Crippen LogP contribution in [0.2, 0.25) is 0 Å². The summed E-state index contributed by atoms with van der Waals surface area (Å²) in [4.78, 5) is 26.4. The van der Waals surface area contributed by atoms with Crippen molar-refractivity contribution in [2.75, 3.05) is 13.1 Å². The first-order valence-corrected chi connectivity index (χ1v) is 8.98. The van der Waals surface area contributed by atoms with E-state index in [1.165, 1.54) is 30.1 Å². The first kappa shape index (κ1) is 19.7. The Morgan fingerprint density at radius 1 is 1.20 bits per heavy atom. The molecule has 0 radical (unpaired) electrons. The summed E-state index contributed by atoms with van der Waals surface area (Å²) in [5.74, 6) is -0.0897. The van der Waals surface area contributed by atoms with Gasteiger partial charge in [0.15, 0.2) is 0 Å². The van der Waals surface area contributed by atoms with Crippen molar-refractivity contribution in [1.82, 2.24) is 20.0 Å². The molecule has 2 amide bonds. The highest BCUT2D eigenvalue weighted by atomic mass is 35.5. The van der Waals surface area contributed by atoms with Gasteiger partial charge < -0.3 is 16.0 Å². The third-order valence-electron chi connectivity index (χ3n) is 4.90. The standard InChI is InChI=1S/C17H27N5O2.ClH/c18-14-5-4-8-21(11-14)17(24)13-9-19-22(10-13)12-16(23)20-15-6-2-1-3-7-15;/h9-10,14-15H,1-8,11-12,18H2,(H,20,23);1H. The number of aromatic nitrogens is 2. The number of nitrogens with one attached hydrogen (secondary N) is 1. The van der Waals surface area contributed by atoms with Crippen LogP contribution in [0.25, 0.3) is 0 Å². The quantitative estimate of drug-likeness (QED) is 0.836. The molecule has 2 heterocycles. The SMILES string of the molecule is Cl.NC1CCCN(C(=O)c2cnn(CC(=O)NC3CCCCC3)c2)C1. The number of nitrogens with two attached hydrogens (primary N) is 1. The van der Waals surface area contributed by atoms with Crippen LogP contribution in [0.4, 0.5) is 0 Å². The maximum atomic E-state index is 12.5. The fourth-order valence-corrected chi connectivity index (χ4v) is 3.60. The molecular formula is C17H28ClN5O2. The number of rotatable bonds is 4. The van der Waals surface area contributed by atoms with E-state index in [0.717, 1.165) is 32.2 Å². The Bertz CT molecular complexity index is 585. The number of carbonyl (C=O) groups is 2. The molecule has 1 atom stereocenters. The van der Waals surface area contributed by atoms with Gasteiger partial charge in [0.25, 0.3) is 5.91 Å². The van der Waals surface area contributed by atoms with Crippen molar-refractivity contribution in [3.8, 4) is 0 Å². The Balaban J connectivity index is 0.00000225. The average molecular weight is 370 g/mol. The van der Waals surface area contributed by atoms with E-state index in [4.69, 9.17) is 5.73 Å². The minimum atomic E-state index is -0.0518. The zero-order chi connectivity index (χ0) is 16.9. The molecule has 0 aromatic carbocycles. The van der Waals surface area contributed by atoms with E-state index in [-0.39, 0.29) is 42.8 Å². The summed E-state index contributed by atoms with van der Waals surface area (Å²) in [6.07, 6.45) is 10.8. The summed E-state index contributed by atoms with van der Waals surface area (Å²) in [6.45, 7) is 1.48. The molecule has 8 heteroatoms. The van der Waals surface area contributed by atoms with Crippen LogP contribution in [0.3, 0.4) is 0 Å². The van der Waals surface area contributed by atoms with E-state index >= 15 is 0 Å². The van der Waals surface area contributed by atoms with Crippen LogP contribution in [-0.4, -0.2) is 51.7 Å². The smallest absolute Gasteiger partial charge is 0.257 e. The van der Waals surface area contributed by atoms with Crippen LogP contribution in [-0.2, 0) is 11.3 Å². The summed E-state index contributed by atoms with van der Waals surface area (Å²) in [5.41, 5.74) is 6.46. The van der Waals surface area contributed by atoms with Gasteiger partial charge in [0.2, 0.25) is 5.91 Å². The number of likely N-dealkylation sites (tertiary alicyclic amines) is 1. The Morgan fingerprint density at radius 3 is 2.68 bits per heavy atom. The molecule has 1 aliphatic carbocycles. The minimum absolute atomic E-state index is 0. The van der Waals surface area contributed by atoms with E-state index in [9.17, 15) is 9.59 Å². The molecule has 1 aromatic rings. The summed E-state index contributed by atoms with van der Waals surface area (Å²) in [7, 11) is 0. The Morgan fingerprint density at radius 2 is 1.96 bits per heavy atom. The van der Waals surface area contributed by atoms with Crippen molar-refractivity contribution in [3.05, 3.63) is 18.0 Å². The number of hydrogen-bond acceptors (Lipinski definition) is 4. The zero-order valence-electron chi connectivity index (χ0n) is 14.5. The Hall–Kier alpha value is -1.60. The third-order valence-corrected chi connectivity index (χ3v) is 4.90. The number of carbonyl (C=O) groups excluding carboxylic acids is 2. The zero-order valence-corrected chi connectivity index (χ0v) is 15.3. The van der Waals surface area contributed by atoms with E-state index in [1.807, 2.05) is 0 Å². The lowest BCUT2D eigenvalue weighted by atomic mass is 9.95. The molecule has 0 spiro atoms. The van der Waals surface area contributed by atoms with Gasteiger partial charge in [-0.2, -0.15) is 5.10 Å². The van der Waals surface area contributed by atoms with E-state index in [2.05, 4.69) is 10.4 Å². The number of piperidine rings is 1. The molecule has 0 bridgehead atoms. The van der Waals surface area contributed by atoms with Crippen LogP contribution in [0.15, 0.2) is 12.4 Å². The normalized spacial score (nSPS) is 21.5. The van der Waals surface area contributed by atoms with Gasteiger partial charge in [0, 0.05) is 31.4 Å². The predicted molar refractivity (Wildman–Crippen MR) is 97.6 cm³/mol. The van der Waals surface area contributed by atoms with Gasteiger partial charge in [-0.1, -0.05) is 19.3 Å². The first-order valence-electron chi connectivity index (χ1n) is 8.98. The van der Waals surface area contributed by atoms with Crippen LogP contribution in [0.1, 0.15) is 55.3 Å². The van der Waals surface area contributed by atoms with Crippen molar-refractivity contribution < 1.29 is 9.59 Å². The average Bonchev–Trinajstić information content (AvgIpc) is 3.03. The second-order valence-electron chi connectivity index (χ2n) is 6.98. The van der Waals surface area contributed by atoms with Gasteiger partial charge in [-0.25, -0.2) is 0 Å². The van der Waals surface area contributed by atoms with Gasteiger partial charge in [0.05, 0.1) is 11.8 Å². The second kappa shape index (κ2) is 9.20. The van der Waals surface area contributed by atoms with E-state index in [1.54, 1.807) is 11.1 Å². The van der Waals surface area contributed by atoms with Gasteiger partial charge in [-0.05, 0) is 25.7 Å². The minimum Gasteiger partial charge on any atom is -0.352 e. The maximum Gasteiger partial charge on any atom is 0.257 e. The monoisotopic (exact) mass is 369 g/mol. The summed E-state index contributed by atoms with van der Waals surface area (Å²) >= 11 is 0. The Kier molecular flexibility index (Phi) is 7.25. The molecule has 3 rings (SSSR count). The van der Waals surface area contributed by atoms with Crippen molar-refractivity contribution in [3.63, 3.8) is 0 Å². The van der Waals surface area contributed by atoms with Crippen molar-refractivity contribution in [2.45, 2.75) is 63.6 Å². The number of hydrogen-bond donors (Lipinski definition) is 2. The molecule has 1 saturated heterocycles. The molecule has 3 N–H and O–H groups in total. The third kappa shape index (κ3) is 5.44. The van der Waals surface area contributed by atoms with Gasteiger partial charge in [-0.3, -0.25) is 14.3 Å². The van der Waals surface area contributed by atoms with Crippen LogP contribution in [0, 0.1) is 0 Å². The largest absolute Gasteiger partial charge is 0.352 e. The van der Waals surface area contributed by atoms with Crippen molar-refractivity contribution in [1.29, 1.82) is 0 Å². The van der Waals surface area contributed by atoms with Gasteiger partial charge in [0.1, 0.15) is 6.54 Å². The Labute approximate surface area is 154 Å². The van der Waals surface area contributed by atoms with Crippen LogP contribution >= 0.6 is 12.4 Å². The van der Waals surface area contributed by atoms with Crippen LogP contribution in [0.5, 0.6) is 0 Å². The fraction of sp³-hybridized carbons (Fsp3) is 0.706. The fourth-order valence-electron chi connectivity index (χ4n) is 3.60. The molecule has 1 saturated carbocycles. The van der Waals surface area contributed by atoms with E-state index in [0.29, 0.717) is 12.1 Å². The van der Waals surface area contributed by atoms with Gasteiger partial charge >= 0.3 is 0 Å². The molecular weight excluding hydrogens is 342 g/mol. The number of nitrogens with zero attached hydrogens (tertiary/aromatic N) is 3. The summed E-state index contributed by atoms with van der Waals surface area (Å²) < 4.78 is 1.54. The van der Waals surface area contributed by atoms with Crippen LogP contribution < -0.4 is 11.1 Å².